The minimum Gasteiger partial charge on any atom is -0.363 e. The van der Waals surface area contributed by atoms with E-state index in [0.29, 0.717) is 0 Å². The van der Waals surface area contributed by atoms with Crippen molar-refractivity contribution in [1.82, 2.24) is 4.98 Å². The Morgan fingerprint density at radius 3 is 2.88 bits per heavy atom. The third-order valence-electron chi connectivity index (χ3n) is 2.81. The zero-order valence-electron chi connectivity index (χ0n) is 9.62. The molecule has 2 nitrogen and oxygen atoms in total. The maximum atomic E-state index is 6.16. The maximum Gasteiger partial charge on any atom is 0.135 e. The van der Waals surface area contributed by atoms with Gasteiger partial charge in [-0.2, -0.15) is 0 Å². The number of fused-ring (bicyclic) bond motifs is 1. The van der Waals surface area contributed by atoms with Crippen LogP contribution in [0.1, 0.15) is 20.8 Å². The second-order valence-corrected chi connectivity index (χ2v) is 6.06. The van der Waals surface area contributed by atoms with Gasteiger partial charge in [0.15, 0.2) is 0 Å². The van der Waals surface area contributed by atoms with Gasteiger partial charge < -0.3 is 5.32 Å². The molecule has 1 N–H and O–H groups in total. The van der Waals surface area contributed by atoms with Crippen molar-refractivity contribution in [2.24, 2.45) is 0 Å². The van der Waals surface area contributed by atoms with Gasteiger partial charge >= 0.3 is 0 Å². The van der Waals surface area contributed by atoms with Crippen LogP contribution in [0, 0.1) is 0 Å². The van der Waals surface area contributed by atoms with Gasteiger partial charge in [0.1, 0.15) is 5.82 Å². The minimum absolute atomic E-state index is 0.0307. The first kappa shape index (κ1) is 11.7. The van der Waals surface area contributed by atoms with Gasteiger partial charge in [-0.3, -0.25) is 0 Å². The molecule has 0 aliphatic heterocycles. The standard InChI is InChI=1S/C12H15ClN2S/c1-8(13)12(2,3)15-11-9-5-7-16-10(9)4-6-14-11/h4-8H,1-3H3,(H,14,15). The number of aromatic nitrogens is 1. The van der Waals surface area contributed by atoms with Crippen molar-refractivity contribution < 1.29 is 0 Å². The highest BCUT2D eigenvalue weighted by molar-refractivity contribution is 7.17. The summed E-state index contributed by atoms with van der Waals surface area (Å²) in [6.07, 6.45) is 1.83. The summed E-state index contributed by atoms with van der Waals surface area (Å²) in [7, 11) is 0. The summed E-state index contributed by atoms with van der Waals surface area (Å²) in [5.74, 6) is 0.913. The van der Waals surface area contributed by atoms with Crippen molar-refractivity contribution >= 4 is 38.8 Å². The topological polar surface area (TPSA) is 24.9 Å². The van der Waals surface area contributed by atoms with E-state index in [1.165, 1.54) is 4.70 Å². The number of nitrogens with zero attached hydrogens (tertiary/aromatic N) is 1. The van der Waals surface area contributed by atoms with Gasteiger partial charge in [-0.25, -0.2) is 4.98 Å². The summed E-state index contributed by atoms with van der Waals surface area (Å²) < 4.78 is 1.25. The summed E-state index contributed by atoms with van der Waals surface area (Å²) in [5, 5.41) is 6.68. The smallest absolute Gasteiger partial charge is 0.135 e. The molecule has 86 valence electrons. The van der Waals surface area contributed by atoms with Crippen LogP contribution < -0.4 is 5.32 Å². The van der Waals surface area contributed by atoms with E-state index in [-0.39, 0.29) is 10.9 Å². The SMILES string of the molecule is CC(Cl)C(C)(C)Nc1nccc2sccc12. The largest absolute Gasteiger partial charge is 0.363 e. The second-order valence-electron chi connectivity index (χ2n) is 4.45. The van der Waals surface area contributed by atoms with Crippen LogP contribution in [0.3, 0.4) is 0 Å². The first-order valence-corrected chi connectivity index (χ1v) is 6.57. The van der Waals surface area contributed by atoms with Crippen molar-refractivity contribution in [3.63, 3.8) is 0 Å². The molecule has 0 aliphatic carbocycles. The molecule has 1 unspecified atom stereocenters. The molecule has 16 heavy (non-hydrogen) atoms. The molecule has 0 aromatic carbocycles. The Hall–Kier alpha value is -0.800. The molecular weight excluding hydrogens is 240 g/mol. The van der Waals surface area contributed by atoms with Gasteiger partial charge in [-0.05, 0) is 38.3 Å². The molecule has 0 saturated heterocycles. The summed E-state index contributed by atoms with van der Waals surface area (Å²) in [5.41, 5.74) is -0.176. The molecule has 0 radical (unpaired) electrons. The van der Waals surface area contributed by atoms with Crippen molar-refractivity contribution in [1.29, 1.82) is 0 Å². The van der Waals surface area contributed by atoms with Gasteiger partial charge in [0, 0.05) is 21.8 Å². The second kappa shape index (κ2) is 4.22. The summed E-state index contributed by atoms with van der Waals surface area (Å²) in [6.45, 7) is 6.15. The molecule has 2 aromatic rings. The highest BCUT2D eigenvalue weighted by atomic mass is 35.5. The number of alkyl halides is 1. The first-order valence-electron chi connectivity index (χ1n) is 5.25. The van der Waals surface area contributed by atoms with Gasteiger partial charge in [0.25, 0.3) is 0 Å². The molecule has 0 bridgehead atoms. The number of rotatable bonds is 3. The van der Waals surface area contributed by atoms with E-state index in [9.17, 15) is 0 Å². The lowest BCUT2D eigenvalue weighted by molar-refractivity contribution is 0.553. The van der Waals surface area contributed by atoms with Crippen LogP contribution in [0.4, 0.5) is 5.82 Å². The lowest BCUT2D eigenvalue weighted by Crippen LogP contribution is -2.39. The van der Waals surface area contributed by atoms with E-state index in [0.717, 1.165) is 11.2 Å². The summed E-state index contributed by atoms with van der Waals surface area (Å²) in [4.78, 5) is 4.38. The number of halogens is 1. The fourth-order valence-corrected chi connectivity index (χ4v) is 2.24. The van der Waals surface area contributed by atoms with Crippen LogP contribution in [-0.4, -0.2) is 15.9 Å². The molecule has 2 heterocycles. The minimum atomic E-state index is -0.176. The van der Waals surface area contributed by atoms with Gasteiger partial charge in [0.2, 0.25) is 0 Å². The number of nitrogens with one attached hydrogen (secondary N) is 1. The van der Waals surface area contributed by atoms with Gasteiger partial charge in [-0.15, -0.1) is 22.9 Å². The van der Waals surface area contributed by atoms with Gasteiger partial charge in [-0.1, -0.05) is 0 Å². The Morgan fingerprint density at radius 2 is 2.19 bits per heavy atom. The van der Waals surface area contributed by atoms with Crippen molar-refractivity contribution in [2.75, 3.05) is 5.32 Å². The molecule has 4 heteroatoms. The average Bonchev–Trinajstić information content (AvgIpc) is 2.65. The fraction of sp³-hybridized carbons (Fsp3) is 0.417. The Bertz CT molecular complexity index is 490. The zero-order valence-corrected chi connectivity index (χ0v) is 11.2. The summed E-state index contributed by atoms with van der Waals surface area (Å²) >= 11 is 7.88. The van der Waals surface area contributed by atoms with E-state index in [1.807, 2.05) is 19.2 Å². The molecule has 2 rings (SSSR count). The molecule has 0 amide bonds. The normalized spacial score (nSPS) is 14.0. The fourth-order valence-electron chi connectivity index (χ4n) is 1.40. The van der Waals surface area contributed by atoms with Crippen LogP contribution in [0.15, 0.2) is 23.7 Å². The monoisotopic (exact) mass is 254 g/mol. The predicted octanol–water partition coefficient (Wildman–Crippen LogP) is 4.11. The Labute approximate surface area is 105 Å². The number of hydrogen-bond donors (Lipinski definition) is 1. The summed E-state index contributed by atoms with van der Waals surface area (Å²) in [6, 6.07) is 4.12. The van der Waals surface area contributed by atoms with E-state index < -0.39 is 0 Å². The highest BCUT2D eigenvalue weighted by Gasteiger charge is 2.24. The lowest BCUT2D eigenvalue weighted by atomic mass is 10.0. The number of pyridine rings is 1. The predicted molar refractivity (Wildman–Crippen MR) is 72.6 cm³/mol. The van der Waals surface area contributed by atoms with Crippen LogP contribution in [0.5, 0.6) is 0 Å². The van der Waals surface area contributed by atoms with E-state index in [4.69, 9.17) is 11.6 Å². The van der Waals surface area contributed by atoms with Crippen LogP contribution in [-0.2, 0) is 0 Å². The average molecular weight is 255 g/mol. The Balaban J connectivity index is 2.37. The Morgan fingerprint density at radius 1 is 1.44 bits per heavy atom. The lowest BCUT2D eigenvalue weighted by Gasteiger charge is -2.29. The van der Waals surface area contributed by atoms with Gasteiger partial charge in [0.05, 0.1) is 5.38 Å². The van der Waals surface area contributed by atoms with E-state index >= 15 is 0 Å². The third kappa shape index (κ3) is 2.15. The molecule has 1 atom stereocenters. The van der Waals surface area contributed by atoms with Crippen molar-refractivity contribution in [3.05, 3.63) is 23.7 Å². The van der Waals surface area contributed by atoms with Crippen LogP contribution in [0.25, 0.3) is 10.1 Å². The quantitative estimate of drug-likeness (QED) is 0.834. The maximum absolute atomic E-state index is 6.16. The Kier molecular flexibility index (Phi) is 3.08. The molecule has 2 aromatic heterocycles. The highest BCUT2D eigenvalue weighted by Crippen LogP contribution is 2.29. The van der Waals surface area contributed by atoms with Crippen molar-refractivity contribution in [2.45, 2.75) is 31.7 Å². The zero-order chi connectivity index (χ0) is 11.8. The third-order valence-corrected chi connectivity index (χ3v) is 4.24. The molecule has 0 saturated carbocycles. The molecule has 0 spiro atoms. The van der Waals surface area contributed by atoms with E-state index in [1.54, 1.807) is 11.3 Å². The molecular formula is C12H15ClN2S. The van der Waals surface area contributed by atoms with E-state index in [2.05, 4.69) is 35.6 Å². The van der Waals surface area contributed by atoms with Crippen LogP contribution in [0.2, 0.25) is 0 Å². The number of thiophene rings is 1. The first-order chi connectivity index (χ1) is 7.50. The number of hydrogen-bond acceptors (Lipinski definition) is 3. The molecule has 0 aliphatic rings. The number of anilines is 1. The van der Waals surface area contributed by atoms with Crippen LogP contribution >= 0.6 is 22.9 Å². The van der Waals surface area contributed by atoms with Crippen molar-refractivity contribution in [3.8, 4) is 0 Å². The molecule has 0 fully saturated rings.